The quantitative estimate of drug-likeness (QED) is 0.501. The number of rotatable bonds is 6. The van der Waals surface area contributed by atoms with Crippen molar-refractivity contribution in [2.24, 2.45) is 0 Å². The number of aromatic nitrogens is 3. The van der Waals surface area contributed by atoms with Crippen LogP contribution in [0.4, 0.5) is 11.4 Å². The van der Waals surface area contributed by atoms with Crippen LogP contribution in [0.5, 0.6) is 0 Å². The van der Waals surface area contributed by atoms with Crippen LogP contribution in [-0.4, -0.2) is 32.2 Å². The van der Waals surface area contributed by atoms with Crippen LogP contribution < -0.4 is 16.2 Å². The van der Waals surface area contributed by atoms with E-state index in [1.165, 1.54) is 6.92 Å². The maximum atomic E-state index is 12.6. The van der Waals surface area contributed by atoms with Crippen LogP contribution in [-0.2, 0) is 9.59 Å². The Hall–Kier alpha value is -3.17. The molecule has 0 saturated carbocycles. The first-order chi connectivity index (χ1) is 14.3. The number of hydrogen-bond acceptors (Lipinski definition) is 6. The van der Waals surface area contributed by atoms with E-state index in [9.17, 15) is 14.4 Å². The molecule has 0 saturated heterocycles. The highest BCUT2D eigenvalue weighted by atomic mass is 35.5. The molecule has 0 bridgehead atoms. The average molecular weight is 444 g/mol. The molecule has 2 amide bonds. The summed E-state index contributed by atoms with van der Waals surface area (Å²) in [5.41, 5.74) is 0.988. The summed E-state index contributed by atoms with van der Waals surface area (Å²) in [6.07, 6.45) is 0. The Labute approximate surface area is 181 Å². The lowest BCUT2D eigenvalue weighted by Gasteiger charge is -2.12. The number of anilines is 2. The maximum absolute atomic E-state index is 12.6. The SMILES string of the molecule is CC(=O)Nc1ccccc1-c1nnc(S[C@@H](C)C(=O)Nc2ccccc2Cl)[nH]c1=O. The molecule has 1 aromatic heterocycles. The second kappa shape index (κ2) is 9.55. The number of hydrogen-bond donors (Lipinski definition) is 3. The minimum absolute atomic E-state index is 0.0665. The van der Waals surface area contributed by atoms with E-state index in [0.29, 0.717) is 22.0 Å². The molecule has 3 rings (SSSR count). The number of carbonyl (C=O) groups excluding carboxylic acids is 2. The standard InChI is InChI=1S/C20H18ClN5O3S/c1-11(18(28)23-16-10-6-4-8-14(16)21)30-20-24-19(29)17(25-26-20)13-7-3-5-9-15(13)22-12(2)27/h3-11H,1-2H3,(H,22,27)(H,23,28)(H,24,26,29)/t11-/m0/s1. The molecule has 2 aromatic carbocycles. The summed E-state index contributed by atoms with van der Waals surface area (Å²) in [5.74, 6) is -0.562. The summed E-state index contributed by atoms with van der Waals surface area (Å²) in [5, 5.41) is 13.5. The van der Waals surface area contributed by atoms with Crippen molar-refractivity contribution in [3.8, 4) is 11.3 Å². The molecule has 1 heterocycles. The number of aromatic amines is 1. The summed E-state index contributed by atoms with van der Waals surface area (Å²) in [6, 6.07) is 13.7. The topological polar surface area (TPSA) is 117 Å². The molecular weight excluding hydrogens is 426 g/mol. The van der Waals surface area contributed by atoms with Crippen LogP contribution in [0.3, 0.4) is 0 Å². The Morgan fingerprint density at radius 2 is 1.70 bits per heavy atom. The maximum Gasteiger partial charge on any atom is 0.278 e. The summed E-state index contributed by atoms with van der Waals surface area (Å²) >= 11 is 7.11. The van der Waals surface area contributed by atoms with Gasteiger partial charge in [0.1, 0.15) is 0 Å². The number of benzene rings is 2. The molecule has 10 heteroatoms. The third-order valence-electron chi connectivity index (χ3n) is 3.96. The highest BCUT2D eigenvalue weighted by molar-refractivity contribution is 8.00. The average Bonchev–Trinajstić information content (AvgIpc) is 2.70. The first-order valence-corrected chi connectivity index (χ1v) is 10.2. The van der Waals surface area contributed by atoms with E-state index >= 15 is 0 Å². The molecule has 0 spiro atoms. The number of carbonyl (C=O) groups is 2. The Balaban J connectivity index is 1.76. The van der Waals surface area contributed by atoms with Gasteiger partial charge in [-0.2, -0.15) is 0 Å². The van der Waals surface area contributed by atoms with Gasteiger partial charge < -0.3 is 10.6 Å². The Morgan fingerprint density at radius 1 is 1.03 bits per heavy atom. The molecule has 3 N–H and O–H groups in total. The number of amides is 2. The van der Waals surface area contributed by atoms with Gasteiger partial charge in [-0.15, -0.1) is 10.2 Å². The Bertz CT molecular complexity index is 1150. The van der Waals surface area contributed by atoms with E-state index in [-0.39, 0.29) is 22.7 Å². The number of thioether (sulfide) groups is 1. The second-order valence-electron chi connectivity index (χ2n) is 6.26. The fraction of sp³-hybridized carbons (Fsp3) is 0.150. The van der Waals surface area contributed by atoms with Gasteiger partial charge in [-0.05, 0) is 25.1 Å². The molecule has 0 aliphatic rings. The predicted octanol–water partition coefficient (Wildman–Crippen LogP) is 3.56. The van der Waals surface area contributed by atoms with Crippen molar-refractivity contribution in [1.82, 2.24) is 15.2 Å². The van der Waals surface area contributed by atoms with Gasteiger partial charge in [0.25, 0.3) is 5.56 Å². The molecule has 0 aliphatic heterocycles. The van der Waals surface area contributed by atoms with Crippen LogP contribution in [0.1, 0.15) is 13.8 Å². The number of halogens is 1. The fourth-order valence-electron chi connectivity index (χ4n) is 2.56. The molecule has 0 radical (unpaired) electrons. The molecule has 0 unspecified atom stereocenters. The zero-order chi connectivity index (χ0) is 21.7. The molecule has 0 aliphatic carbocycles. The van der Waals surface area contributed by atoms with E-state index in [1.807, 2.05) is 0 Å². The Kier molecular flexibility index (Phi) is 6.86. The van der Waals surface area contributed by atoms with E-state index in [1.54, 1.807) is 55.5 Å². The van der Waals surface area contributed by atoms with Gasteiger partial charge >= 0.3 is 0 Å². The van der Waals surface area contributed by atoms with Gasteiger partial charge in [0.15, 0.2) is 10.9 Å². The lowest BCUT2D eigenvalue weighted by atomic mass is 10.1. The number of para-hydroxylation sites is 2. The highest BCUT2D eigenvalue weighted by Gasteiger charge is 2.19. The van der Waals surface area contributed by atoms with Crippen LogP contribution in [0.2, 0.25) is 5.02 Å². The molecule has 0 fully saturated rings. The summed E-state index contributed by atoms with van der Waals surface area (Å²) in [6.45, 7) is 3.05. The fourth-order valence-corrected chi connectivity index (χ4v) is 3.48. The van der Waals surface area contributed by atoms with Gasteiger partial charge in [-0.3, -0.25) is 19.4 Å². The van der Waals surface area contributed by atoms with Crippen molar-refractivity contribution in [3.63, 3.8) is 0 Å². The van der Waals surface area contributed by atoms with Gasteiger partial charge in [0.05, 0.1) is 21.6 Å². The van der Waals surface area contributed by atoms with Crippen molar-refractivity contribution >= 4 is 46.6 Å². The zero-order valence-corrected chi connectivity index (χ0v) is 17.7. The minimum atomic E-state index is -0.566. The third kappa shape index (κ3) is 5.25. The minimum Gasteiger partial charge on any atom is -0.326 e. The zero-order valence-electron chi connectivity index (χ0n) is 16.1. The van der Waals surface area contributed by atoms with E-state index in [4.69, 9.17) is 11.6 Å². The van der Waals surface area contributed by atoms with Crippen LogP contribution in [0.25, 0.3) is 11.3 Å². The predicted molar refractivity (Wildman–Crippen MR) is 118 cm³/mol. The van der Waals surface area contributed by atoms with Gasteiger partial charge in [-0.25, -0.2) is 0 Å². The number of nitrogens with one attached hydrogen (secondary N) is 3. The lowest BCUT2D eigenvalue weighted by molar-refractivity contribution is -0.115. The van der Waals surface area contributed by atoms with E-state index < -0.39 is 10.8 Å². The van der Waals surface area contributed by atoms with Gasteiger partial charge in [0, 0.05) is 12.5 Å². The summed E-state index contributed by atoms with van der Waals surface area (Å²) in [7, 11) is 0. The second-order valence-corrected chi connectivity index (χ2v) is 8.00. The van der Waals surface area contributed by atoms with Crippen molar-refractivity contribution in [3.05, 3.63) is 63.9 Å². The van der Waals surface area contributed by atoms with E-state index in [0.717, 1.165) is 11.8 Å². The summed E-state index contributed by atoms with van der Waals surface area (Å²) in [4.78, 5) is 39.0. The smallest absolute Gasteiger partial charge is 0.278 e. The first kappa shape index (κ1) is 21.5. The Morgan fingerprint density at radius 3 is 2.37 bits per heavy atom. The molecule has 30 heavy (non-hydrogen) atoms. The molecule has 3 aromatic rings. The van der Waals surface area contributed by atoms with Crippen LogP contribution in [0.15, 0.2) is 58.5 Å². The van der Waals surface area contributed by atoms with Crippen molar-refractivity contribution < 1.29 is 9.59 Å². The molecular formula is C20H18ClN5O3S. The summed E-state index contributed by atoms with van der Waals surface area (Å²) < 4.78 is 0. The van der Waals surface area contributed by atoms with Crippen molar-refractivity contribution in [2.45, 2.75) is 24.3 Å². The normalized spacial score (nSPS) is 11.6. The van der Waals surface area contributed by atoms with Crippen molar-refractivity contribution in [2.75, 3.05) is 10.6 Å². The third-order valence-corrected chi connectivity index (χ3v) is 5.26. The number of H-pyrrole nitrogens is 1. The lowest BCUT2D eigenvalue weighted by Crippen LogP contribution is -2.24. The van der Waals surface area contributed by atoms with Crippen molar-refractivity contribution in [1.29, 1.82) is 0 Å². The molecule has 8 nitrogen and oxygen atoms in total. The van der Waals surface area contributed by atoms with Gasteiger partial charge in [0.2, 0.25) is 11.8 Å². The largest absolute Gasteiger partial charge is 0.326 e. The highest BCUT2D eigenvalue weighted by Crippen LogP contribution is 2.26. The monoisotopic (exact) mass is 443 g/mol. The van der Waals surface area contributed by atoms with Gasteiger partial charge in [-0.1, -0.05) is 53.7 Å². The molecule has 1 atom stereocenters. The molecule has 154 valence electrons. The van der Waals surface area contributed by atoms with E-state index in [2.05, 4.69) is 25.8 Å². The van der Waals surface area contributed by atoms with Crippen LogP contribution in [0, 0.1) is 0 Å². The van der Waals surface area contributed by atoms with Crippen LogP contribution >= 0.6 is 23.4 Å². The number of nitrogens with zero attached hydrogens (tertiary/aromatic N) is 2. The first-order valence-electron chi connectivity index (χ1n) is 8.91.